The third-order valence-electron chi connectivity index (χ3n) is 4.28. The summed E-state index contributed by atoms with van der Waals surface area (Å²) < 4.78 is 23.0. The van der Waals surface area contributed by atoms with E-state index in [9.17, 15) is 13.2 Å². The lowest BCUT2D eigenvalue weighted by molar-refractivity contribution is -0.117. The van der Waals surface area contributed by atoms with Crippen molar-refractivity contribution in [3.63, 3.8) is 0 Å². The van der Waals surface area contributed by atoms with E-state index in [1.54, 1.807) is 7.05 Å². The number of rotatable bonds is 7. The van der Waals surface area contributed by atoms with Gasteiger partial charge in [-0.05, 0) is 44.0 Å². The second kappa shape index (κ2) is 7.93. The largest absolute Gasteiger partial charge is 0.325 e. The van der Waals surface area contributed by atoms with E-state index in [4.69, 9.17) is 0 Å². The first-order valence-electron chi connectivity index (χ1n) is 8.19. The molecule has 1 saturated heterocycles. The number of nitrogens with one attached hydrogen (secondary N) is 1. The van der Waals surface area contributed by atoms with Gasteiger partial charge in [-0.3, -0.25) is 9.69 Å². The van der Waals surface area contributed by atoms with Gasteiger partial charge in [0.05, 0.1) is 18.1 Å². The number of nitrogens with zero attached hydrogens (tertiary/aromatic N) is 1. The van der Waals surface area contributed by atoms with Gasteiger partial charge >= 0.3 is 0 Å². The van der Waals surface area contributed by atoms with Crippen LogP contribution in [-0.2, 0) is 21.1 Å². The Labute approximate surface area is 139 Å². The molecule has 1 heterocycles. The van der Waals surface area contributed by atoms with Crippen molar-refractivity contribution in [2.45, 2.75) is 38.6 Å². The van der Waals surface area contributed by atoms with Gasteiger partial charge in [0.2, 0.25) is 5.91 Å². The van der Waals surface area contributed by atoms with Crippen molar-refractivity contribution >= 4 is 21.4 Å². The van der Waals surface area contributed by atoms with Crippen molar-refractivity contribution in [3.8, 4) is 0 Å². The number of sulfone groups is 1. The average molecular weight is 338 g/mol. The topological polar surface area (TPSA) is 66.5 Å². The van der Waals surface area contributed by atoms with Crippen molar-refractivity contribution < 1.29 is 13.2 Å². The zero-order chi connectivity index (χ0) is 16.9. The number of hydrogen-bond acceptors (Lipinski definition) is 4. The third-order valence-corrected chi connectivity index (χ3v) is 6.03. The van der Waals surface area contributed by atoms with Crippen LogP contribution in [0.25, 0.3) is 0 Å². The zero-order valence-corrected chi connectivity index (χ0v) is 14.7. The van der Waals surface area contributed by atoms with Crippen LogP contribution in [0.1, 0.15) is 31.7 Å². The predicted molar refractivity (Wildman–Crippen MR) is 93.4 cm³/mol. The molecule has 1 atom stereocenters. The molecule has 2 rings (SSSR count). The molecule has 1 aromatic rings. The molecule has 128 valence electrons. The SMILES string of the molecule is CCCCc1ccc(NC(=O)CN(C)C2CCS(=O)(=O)C2)cc1. The van der Waals surface area contributed by atoms with E-state index in [2.05, 4.69) is 12.2 Å². The first kappa shape index (κ1) is 17.9. The molecule has 0 bridgehead atoms. The number of benzene rings is 1. The van der Waals surface area contributed by atoms with Crippen LogP contribution in [0, 0.1) is 0 Å². The molecule has 0 aromatic heterocycles. The lowest BCUT2D eigenvalue weighted by atomic mass is 10.1. The lowest BCUT2D eigenvalue weighted by Gasteiger charge is -2.22. The van der Waals surface area contributed by atoms with Crippen LogP contribution in [0.2, 0.25) is 0 Å². The van der Waals surface area contributed by atoms with Crippen LogP contribution in [0.15, 0.2) is 24.3 Å². The van der Waals surface area contributed by atoms with Crippen LogP contribution in [0.4, 0.5) is 5.69 Å². The Bertz CT molecular complexity index is 626. The number of likely N-dealkylation sites (N-methyl/N-ethyl adjacent to an activating group) is 1. The minimum Gasteiger partial charge on any atom is -0.325 e. The van der Waals surface area contributed by atoms with Crippen molar-refractivity contribution in [2.24, 2.45) is 0 Å². The van der Waals surface area contributed by atoms with Gasteiger partial charge in [0.25, 0.3) is 0 Å². The molecule has 1 aliphatic heterocycles. The fraction of sp³-hybridized carbons (Fsp3) is 0.588. The number of hydrogen-bond donors (Lipinski definition) is 1. The summed E-state index contributed by atoms with van der Waals surface area (Å²) in [6.45, 7) is 2.37. The summed E-state index contributed by atoms with van der Waals surface area (Å²) in [5.41, 5.74) is 2.06. The summed E-state index contributed by atoms with van der Waals surface area (Å²) in [4.78, 5) is 13.9. The Morgan fingerprint density at radius 1 is 1.30 bits per heavy atom. The average Bonchev–Trinajstić information content (AvgIpc) is 2.87. The highest BCUT2D eigenvalue weighted by atomic mass is 32.2. The number of aryl methyl sites for hydroxylation is 1. The molecule has 0 aliphatic carbocycles. The standard InChI is InChI=1S/C17H26N2O3S/c1-3-4-5-14-6-8-15(9-7-14)18-17(20)12-19(2)16-10-11-23(21,22)13-16/h6-9,16H,3-5,10-13H2,1-2H3,(H,18,20). The monoisotopic (exact) mass is 338 g/mol. The van der Waals surface area contributed by atoms with E-state index in [0.29, 0.717) is 6.42 Å². The van der Waals surface area contributed by atoms with E-state index >= 15 is 0 Å². The van der Waals surface area contributed by atoms with Gasteiger partial charge in [0.15, 0.2) is 9.84 Å². The van der Waals surface area contributed by atoms with E-state index in [1.807, 2.05) is 29.2 Å². The number of carbonyl (C=O) groups excluding carboxylic acids is 1. The molecule has 1 amide bonds. The normalized spacial score (nSPS) is 19.9. The minimum absolute atomic E-state index is 0.0535. The molecular formula is C17H26N2O3S. The van der Waals surface area contributed by atoms with Gasteiger partial charge in [-0.1, -0.05) is 25.5 Å². The molecule has 0 spiro atoms. The molecule has 1 fully saturated rings. The van der Waals surface area contributed by atoms with E-state index in [1.165, 1.54) is 18.4 Å². The van der Waals surface area contributed by atoms with Gasteiger partial charge in [-0.2, -0.15) is 0 Å². The molecular weight excluding hydrogens is 312 g/mol. The number of unbranched alkanes of at least 4 members (excludes halogenated alkanes) is 1. The second-order valence-corrected chi connectivity index (χ2v) is 8.55. The molecule has 5 nitrogen and oxygen atoms in total. The second-order valence-electron chi connectivity index (χ2n) is 6.32. The van der Waals surface area contributed by atoms with Gasteiger partial charge < -0.3 is 5.32 Å². The smallest absolute Gasteiger partial charge is 0.238 e. The maximum Gasteiger partial charge on any atom is 0.238 e. The molecule has 0 saturated carbocycles. The fourth-order valence-corrected chi connectivity index (χ4v) is 4.62. The van der Waals surface area contributed by atoms with E-state index in [-0.39, 0.29) is 30.0 Å². The molecule has 0 radical (unpaired) electrons. The van der Waals surface area contributed by atoms with E-state index < -0.39 is 9.84 Å². The summed E-state index contributed by atoms with van der Waals surface area (Å²) in [5.74, 6) is 0.268. The first-order valence-corrected chi connectivity index (χ1v) is 10.0. The Balaban J connectivity index is 1.82. The molecule has 1 aliphatic rings. The molecule has 1 aromatic carbocycles. The molecule has 1 unspecified atom stereocenters. The zero-order valence-electron chi connectivity index (χ0n) is 13.9. The van der Waals surface area contributed by atoms with Crippen LogP contribution in [0.3, 0.4) is 0 Å². The minimum atomic E-state index is -2.92. The summed E-state index contributed by atoms with van der Waals surface area (Å²) in [5, 5.41) is 2.87. The van der Waals surface area contributed by atoms with Crippen molar-refractivity contribution in [1.82, 2.24) is 4.90 Å². The summed E-state index contributed by atoms with van der Waals surface area (Å²) in [6.07, 6.45) is 4.00. The predicted octanol–water partition coefficient (Wildman–Crippen LogP) is 2.09. The van der Waals surface area contributed by atoms with Crippen molar-refractivity contribution in [3.05, 3.63) is 29.8 Å². The molecule has 6 heteroatoms. The Hall–Kier alpha value is -1.40. The molecule has 23 heavy (non-hydrogen) atoms. The summed E-state index contributed by atoms with van der Waals surface area (Å²) >= 11 is 0. The Kier molecular flexibility index (Phi) is 6.18. The van der Waals surface area contributed by atoms with Crippen LogP contribution in [-0.4, -0.2) is 50.4 Å². The van der Waals surface area contributed by atoms with Crippen LogP contribution in [0.5, 0.6) is 0 Å². The fourth-order valence-electron chi connectivity index (χ4n) is 2.81. The maximum atomic E-state index is 12.1. The number of amides is 1. The highest BCUT2D eigenvalue weighted by Gasteiger charge is 2.31. The van der Waals surface area contributed by atoms with Gasteiger partial charge in [0, 0.05) is 11.7 Å². The summed E-state index contributed by atoms with van der Waals surface area (Å²) in [7, 11) is -1.12. The van der Waals surface area contributed by atoms with Gasteiger partial charge in [-0.15, -0.1) is 0 Å². The van der Waals surface area contributed by atoms with E-state index in [0.717, 1.165) is 12.1 Å². The molecule has 1 N–H and O–H groups in total. The van der Waals surface area contributed by atoms with Crippen LogP contribution < -0.4 is 5.32 Å². The third kappa shape index (κ3) is 5.62. The van der Waals surface area contributed by atoms with Gasteiger partial charge in [-0.25, -0.2) is 8.42 Å². The highest BCUT2D eigenvalue weighted by Crippen LogP contribution is 2.17. The lowest BCUT2D eigenvalue weighted by Crippen LogP contribution is -2.38. The number of anilines is 1. The van der Waals surface area contributed by atoms with Crippen molar-refractivity contribution in [2.75, 3.05) is 30.4 Å². The summed E-state index contributed by atoms with van der Waals surface area (Å²) in [6, 6.07) is 7.87. The number of carbonyl (C=O) groups is 1. The quantitative estimate of drug-likeness (QED) is 0.827. The highest BCUT2D eigenvalue weighted by molar-refractivity contribution is 7.91. The van der Waals surface area contributed by atoms with Gasteiger partial charge in [0.1, 0.15) is 0 Å². The van der Waals surface area contributed by atoms with Crippen molar-refractivity contribution in [1.29, 1.82) is 0 Å². The maximum absolute atomic E-state index is 12.1. The Morgan fingerprint density at radius 2 is 2.00 bits per heavy atom. The Morgan fingerprint density at radius 3 is 2.57 bits per heavy atom. The first-order chi connectivity index (χ1) is 10.9. The van der Waals surface area contributed by atoms with Crippen LogP contribution >= 0.6 is 0 Å².